The summed E-state index contributed by atoms with van der Waals surface area (Å²) in [6.45, 7) is 0. The number of phenolic OH excluding ortho intramolecular Hbond substituents is 1. The second-order valence-corrected chi connectivity index (χ2v) is 7.54. The van der Waals surface area contributed by atoms with E-state index in [1.54, 1.807) is 18.2 Å². The number of fused-ring (bicyclic) bond motifs is 1. The molecule has 0 aliphatic rings. The minimum Gasteiger partial charge on any atom is -0.507 e. The average Bonchev–Trinajstić information content (AvgIpc) is 3.08. The van der Waals surface area contributed by atoms with E-state index >= 15 is 0 Å². The summed E-state index contributed by atoms with van der Waals surface area (Å²) in [4.78, 5) is 18.3. The van der Waals surface area contributed by atoms with E-state index in [0.717, 1.165) is 45.0 Å². The van der Waals surface area contributed by atoms with Gasteiger partial charge in [0.05, 0.1) is 21.8 Å². The first-order valence-electron chi connectivity index (χ1n) is 8.44. The maximum atomic E-state index is 10.7. The van der Waals surface area contributed by atoms with Crippen LogP contribution in [-0.2, 0) is 4.79 Å². The highest BCUT2D eigenvalue weighted by atomic mass is 35.5. The number of benzene rings is 3. The molecule has 0 aliphatic carbocycles. The van der Waals surface area contributed by atoms with Crippen LogP contribution in [0.4, 0.5) is 0 Å². The zero-order valence-corrected chi connectivity index (χ0v) is 16.1. The monoisotopic (exact) mass is 410 g/mol. The van der Waals surface area contributed by atoms with E-state index in [4.69, 9.17) is 16.7 Å². The van der Waals surface area contributed by atoms with Gasteiger partial charge in [-0.2, -0.15) is 0 Å². The molecule has 1 heterocycles. The van der Waals surface area contributed by atoms with Gasteiger partial charge in [-0.1, -0.05) is 65.8 Å². The number of para-hydroxylation sites is 1. The second-order valence-electron chi connectivity index (χ2n) is 6.17. The highest BCUT2D eigenvalue weighted by Gasteiger charge is 2.11. The highest BCUT2D eigenvalue weighted by molar-refractivity contribution is 7.99. The molecule has 140 valence electrons. The molecule has 0 atom stereocenters. The van der Waals surface area contributed by atoms with Crippen molar-refractivity contribution in [1.82, 2.24) is 9.97 Å². The summed E-state index contributed by atoms with van der Waals surface area (Å²) in [6.07, 6.45) is 0. The lowest BCUT2D eigenvalue weighted by Gasteiger charge is -2.08. The number of aromatic nitrogens is 2. The van der Waals surface area contributed by atoms with Gasteiger partial charge in [-0.05, 0) is 29.3 Å². The van der Waals surface area contributed by atoms with E-state index in [1.165, 1.54) is 0 Å². The maximum absolute atomic E-state index is 10.7. The number of H-pyrrole nitrogens is 1. The van der Waals surface area contributed by atoms with Crippen LogP contribution in [0.5, 0.6) is 5.75 Å². The number of thioether (sulfide) groups is 1. The molecule has 0 saturated carbocycles. The number of aromatic amines is 1. The molecule has 7 heteroatoms. The molecule has 0 unspecified atom stereocenters. The van der Waals surface area contributed by atoms with Gasteiger partial charge in [0.25, 0.3) is 0 Å². The molecule has 0 radical (unpaired) electrons. The van der Waals surface area contributed by atoms with Crippen molar-refractivity contribution in [2.45, 2.75) is 5.16 Å². The Morgan fingerprint density at radius 2 is 1.71 bits per heavy atom. The first-order chi connectivity index (χ1) is 13.5. The van der Waals surface area contributed by atoms with Crippen LogP contribution >= 0.6 is 23.4 Å². The maximum Gasteiger partial charge on any atom is 0.313 e. The first-order valence-corrected chi connectivity index (χ1v) is 9.80. The third-order valence-electron chi connectivity index (χ3n) is 4.29. The molecule has 0 spiro atoms. The Hall–Kier alpha value is -2.96. The smallest absolute Gasteiger partial charge is 0.313 e. The summed E-state index contributed by atoms with van der Waals surface area (Å²) < 4.78 is 0. The Balaban J connectivity index is 1.67. The van der Waals surface area contributed by atoms with E-state index in [0.29, 0.717) is 10.2 Å². The predicted molar refractivity (Wildman–Crippen MR) is 112 cm³/mol. The summed E-state index contributed by atoms with van der Waals surface area (Å²) in [5.41, 5.74) is 4.91. The lowest BCUT2D eigenvalue weighted by Crippen LogP contribution is -1.97. The minimum atomic E-state index is -0.895. The summed E-state index contributed by atoms with van der Waals surface area (Å²) >= 11 is 7.60. The van der Waals surface area contributed by atoms with Gasteiger partial charge in [-0.15, -0.1) is 0 Å². The molecule has 4 rings (SSSR count). The molecule has 3 aromatic carbocycles. The van der Waals surface area contributed by atoms with Gasteiger partial charge in [0.1, 0.15) is 5.75 Å². The van der Waals surface area contributed by atoms with E-state index in [1.807, 2.05) is 42.5 Å². The van der Waals surface area contributed by atoms with E-state index < -0.39 is 5.97 Å². The molecule has 1 aromatic heterocycles. The predicted octanol–water partition coefficient (Wildman–Crippen LogP) is 5.43. The number of carboxylic acid groups (broad SMARTS) is 1. The number of nitrogens with one attached hydrogen (secondary N) is 1. The molecule has 5 nitrogen and oxygen atoms in total. The lowest BCUT2D eigenvalue weighted by atomic mass is 9.99. The summed E-state index contributed by atoms with van der Waals surface area (Å²) in [5.74, 6) is -0.722. The third-order valence-corrected chi connectivity index (χ3v) is 5.46. The largest absolute Gasteiger partial charge is 0.507 e. The number of hydrogen-bond donors (Lipinski definition) is 3. The second kappa shape index (κ2) is 7.58. The van der Waals surface area contributed by atoms with Gasteiger partial charge >= 0.3 is 5.97 Å². The Morgan fingerprint density at radius 3 is 2.39 bits per heavy atom. The van der Waals surface area contributed by atoms with Gasteiger partial charge in [-0.25, -0.2) is 4.98 Å². The Bertz CT molecular complexity index is 1170. The van der Waals surface area contributed by atoms with Crippen molar-refractivity contribution in [3.63, 3.8) is 0 Å². The van der Waals surface area contributed by atoms with Gasteiger partial charge in [0, 0.05) is 11.1 Å². The van der Waals surface area contributed by atoms with Crippen molar-refractivity contribution in [2.24, 2.45) is 0 Å². The van der Waals surface area contributed by atoms with Crippen LogP contribution in [0.2, 0.25) is 5.02 Å². The number of rotatable bonds is 5. The number of carbonyl (C=O) groups is 1. The summed E-state index contributed by atoms with van der Waals surface area (Å²) in [6, 6.07) is 18.6. The molecule has 0 aliphatic heterocycles. The molecule has 3 N–H and O–H groups in total. The van der Waals surface area contributed by atoms with Crippen LogP contribution in [0.15, 0.2) is 65.8 Å². The molecular formula is C21H15ClN2O3S. The normalized spacial score (nSPS) is 11.0. The number of hydrogen-bond acceptors (Lipinski definition) is 4. The van der Waals surface area contributed by atoms with Gasteiger partial charge in [-0.3, -0.25) is 4.79 Å². The van der Waals surface area contributed by atoms with Crippen LogP contribution < -0.4 is 0 Å². The van der Waals surface area contributed by atoms with Crippen molar-refractivity contribution >= 4 is 40.4 Å². The van der Waals surface area contributed by atoms with Crippen LogP contribution in [0.3, 0.4) is 0 Å². The van der Waals surface area contributed by atoms with Crippen molar-refractivity contribution in [3.05, 3.63) is 65.7 Å². The fourth-order valence-electron chi connectivity index (χ4n) is 2.97. The SMILES string of the molecule is O=C(O)CSc1nc2cc(-c3ccc(-c4ccccc4O)cc3)c(Cl)cc2[nH]1. The van der Waals surface area contributed by atoms with Crippen LogP contribution in [-0.4, -0.2) is 31.9 Å². The quantitative estimate of drug-likeness (QED) is 0.382. The summed E-state index contributed by atoms with van der Waals surface area (Å²) in [7, 11) is 0. The third kappa shape index (κ3) is 3.69. The first kappa shape index (κ1) is 18.4. The van der Waals surface area contributed by atoms with Crippen molar-refractivity contribution in [3.8, 4) is 28.0 Å². The molecule has 0 bridgehead atoms. The topological polar surface area (TPSA) is 86.2 Å². The standard InChI is InChI=1S/C21H15ClN2O3S/c22-16-10-18-17(23-21(24-18)28-11-20(26)27)9-15(16)13-7-5-12(6-8-13)14-3-1-2-4-19(14)25/h1-10,25H,11H2,(H,23,24)(H,26,27). The number of carboxylic acids is 1. The van der Waals surface area contributed by atoms with Gasteiger partial charge < -0.3 is 15.2 Å². The Labute approximate surface area is 170 Å². The zero-order chi connectivity index (χ0) is 19.7. The average molecular weight is 411 g/mol. The van der Waals surface area contributed by atoms with Crippen LogP contribution in [0, 0.1) is 0 Å². The van der Waals surface area contributed by atoms with E-state index in [9.17, 15) is 9.90 Å². The van der Waals surface area contributed by atoms with Crippen molar-refractivity contribution in [2.75, 3.05) is 5.75 Å². The number of aromatic hydroxyl groups is 1. The fourth-order valence-corrected chi connectivity index (χ4v) is 3.85. The minimum absolute atomic E-state index is 0.0613. The molecule has 0 saturated heterocycles. The number of nitrogens with zero attached hydrogens (tertiary/aromatic N) is 1. The Morgan fingerprint density at radius 1 is 1.04 bits per heavy atom. The van der Waals surface area contributed by atoms with Gasteiger partial charge in [0.15, 0.2) is 5.16 Å². The summed E-state index contributed by atoms with van der Waals surface area (Å²) in [5, 5.41) is 19.9. The lowest BCUT2D eigenvalue weighted by molar-refractivity contribution is -0.133. The van der Waals surface area contributed by atoms with E-state index in [-0.39, 0.29) is 11.5 Å². The van der Waals surface area contributed by atoms with Crippen molar-refractivity contribution < 1.29 is 15.0 Å². The van der Waals surface area contributed by atoms with E-state index in [2.05, 4.69) is 9.97 Å². The zero-order valence-electron chi connectivity index (χ0n) is 14.5. The molecule has 28 heavy (non-hydrogen) atoms. The number of halogens is 1. The van der Waals surface area contributed by atoms with Crippen LogP contribution in [0.1, 0.15) is 0 Å². The molecule has 0 fully saturated rings. The molecular weight excluding hydrogens is 396 g/mol. The number of imidazole rings is 1. The molecule has 0 amide bonds. The van der Waals surface area contributed by atoms with Crippen molar-refractivity contribution in [1.29, 1.82) is 0 Å². The Kier molecular flexibility index (Phi) is 4.98. The van der Waals surface area contributed by atoms with Gasteiger partial charge in [0.2, 0.25) is 0 Å². The number of aliphatic carboxylic acids is 1. The number of phenols is 1. The van der Waals surface area contributed by atoms with Crippen LogP contribution in [0.25, 0.3) is 33.3 Å². The fraction of sp³-hybridized carbons (Fsp3) is 0.0476. The molecule has 4 aromatic rings. The highest BCUT2D eigenvalue weighted by Crippen LogP contribution is 2.35.